The standard InChI is InChI=1S/C31H30ClN5O/c1-19-26(23-11-7-8-12-25(23)34-19)27-24(31(27,2)3)17-18-33-30(38)28-29(20-9-5-4-6-10-20)37(36-35-28)22-15-13-21(32)14-16-22/h4-16,24,27,34H,17-18H2,1-3H3,(H,33,38)/t24-,27+/m1/s1. The van der Waals surface area contributed by atoms with Gasteiger partial charge in [0, 0.05) is 33.7 Å². The SMILES string of the molecule is Cc1[nH]c2ccccc2c1[C@@H]1[C@@H](CCNC(=O)c2nnn(-c3ccc(Cl)cc3)c2-c2ccccc2)C1(C)C. The number of fused-ring (bicyclic) bond motifs is 1. The van der Waals surface area contributed by atoms with Gasteiger partial charge < -0.3 is 10.3 Å². The Bertz CT molecular complexity index is 1620. The first-order chi connectivity index (χ1) is 18.4. The number of halogens is 1. The van der Waals surface area contributed by atoms with Gasteiger partial charge >= 0.3 is 0 Å². The van der Waals surface area contributed by atoms with Gasteiger partial charge in [-0.15, -0.1) is 5.10 Å². The third-order valence-corrected chi connectivity index (χ3v) is 8.30. The molecule has 38 heavy (non-hydrogen) atoms. The van der Waals surface area contributed by atoms with E-state index >= 15 is 0 Å². The van der Waals surface area contributed by atoms with Gasteiger partial charge in [0.05, 0.1) is 5.69 Å². The van der Waals surface area contributed by atoms with Gasteiger partial charge in [0.25, 0.3) is 5.91 Å². The quantitative estimate of drug-likeness (QED) is 0.242. The monoisotopic (exact) mass is 523 g/mol. The zero-order chi connectivity index (χ0) is 26.4. The van der Waals surface area contributed by atoms with Crippen LogP contribution in [0.15, 0.2) is 78.9 Å². The number of H-pyrrole nitrogens is 1. The second kappa shape index (κ2) is 9.44. The molecule has 0 unspecified atom stereocenters. The maximum atomic E-state index is 13.4. The van der Waals surface area contributed by atoms with Gasteiger partial charge in [-0.25, -0.2) is 4.68 Å². The molecule has 2 atom stereocenters. The van der Waals surface area contributed by atoms with Crippen molar-refractivity contribution in [1.82, 2.24) is 25.3 Å². The number of carbonyl (C=O) groups excluding carboxylic acids is 1. The van der Waals surface area contributed by atoms with Gasteiger partial charge in [-0.1, -0.05) is 79.2 Å². The van der Waals surface area contributed by atoms with Crippen LogP contribution in [0, 0.1) is 18.3 Å². The Morgan fingerprint density at radius 2 is 1.74 bits per heavy atom. The molecule has 2 aromatic heterocycles. The van der Waals surface area contributed by atoms with Gasteiger partial charge in [-0.2, -0.15) is 0 Å². The minimum Gasteiger partial charge on any atom is -0.358 e. The topological polar surface area (TPSA) is 75.6 Å². The number of benzene rings is 3. The normalized spacial score (nSPS) is 18.0. The van der Waals surface area contributed by atoms with Crippen LogP contribution in [0.2, 0.25) is 5.02 Å². The lowest BCUT2D eigenvalue weighted by atomic mass is 10.0. The summed E-state index contributed by atoms with van der Waals surface area (Å²) in [6.07, 6.45) is 0.897. The van der Waals surface area contributed by atoms with E-state index in [-0.39, 0.29) is 11.3 Å². The van der Waals surface area contributed by atoms with Gasteiger partial charge in [0.15, 0.2) is 5.69 Å². The van der Waals surface area contributed by atoms with E-state index in [2.05, 4.69) is 65.6 Å². The van der Waals surface area contributed by atoms with E-state index in [0.717, 1.165) is 17.7 Å². The number of para-hydroxylation sites is 1. The minimum absolute atomic E-state index is 0.174. The molecule has 3 aromatic carbocycles. The first-order valence-corrected chi connectivity index (χ1v) is 13.4. The minimum atomic E-state index is -0.220. The van der Waals surface area contributed by atoms with Crippen molar-refractivity contribution < 1.29 is 4.79 Å². The first-order valence-electron chi connectivity index (χ1n) is 13.0. The Kier molecular flexibility index (Phi) is 6.07. The van der Waals surface area contributed by atoms with Crippen LogP contribution in [0.4, 0.5) is 0 Å². The van der Waals surface area contributed by atoms with Crippen LogP contribution in [0.25, 0.3) is 27.8 Å². The number of aromatic nitrogens is 4. The Balaban J connectivity index is 1.21. The summed E-state index contributed by atoms with van der Waals surface area (Å²) in [4.78, 5) is 16.9. The lowest BCUT2D eigenvalue weighted by molar-refractivity contribution is 0.0947. The Labute approximate surface area is 227 Å². The summed E-state index contributed by atoms with van der Waals surface area (Å²) in [6, 6.07) is 25.6. The molecule has 0 radical (unpaired) electrons. The number of hydrogen-bond donors (Lipinski definition) is 2. The molecule has 1 aliphatic carbocycles. The molecular formula is C31H30ClN5O. The summed E-state index contributed by atoms with van der Waals surface area (Å²) in [6.45, 7) is 7.40. The van der Waals surface area contributed by atoms with Crippen molar-refractivity contribution in [2.45, 2.75) is 33.1 Å². The summed E-state index contributed by atoms with van der Waals surface area (Å²) in [5.41, 5.74) is 6.64. The van der Waals surface area contributed by atoms with E-state index in [9.17, 15) is 4.79 Å². The summed E-state index contributed by atoms with van der Waals surface area (Å²) in [5.74, 6) is 0.725. The van der Waals surface area contributed by atoms with Gasteiger partial charge in [0.1, 0.15) is 5.69 Å². The molecule has 192 valence electrons. The average Bonchev–Trinajstić information content (AvgIpc) is 3.23. The van der Waals surface area contributed by atoms with Crippen LogP contribution in [0.1, 0.15) is 47.9 Å². The molecule has 2 N–H and O–H groups in total. The Morgan fingerprint density at radius 3 is 2.50 bits per heavy atom. The van der Waals surface area contributed by atoms with Crippen LogP contribution < -0.4 is 5.32 Å². The van der Waals surface area contributed by atoms with Crippen molar-refractivity contribution in [1.29, 1.82) is 0 Å². The maximum absolute atomic E-state index is 13.4. The zero-order valence-electron chi connectivity index (χ0n) is 21.7. The number of rotatable bonds is 7. The largest absolute Gasteiger partial charge is 0.358 e. The van der Waals surface area contributed by atoms with Crippen molar-refractivity contribution in [3.8, 4) is 16.9 Å². The summed E-state index contributed by atoms with van der Waals surface area (Å²) < 4.78 is 1.69. The lowest BCUT2D eigenvalue weighted by Gasteiger charge is -2.09. The first kappa shape index (κ1) is 24.4. The van der Waals surface area contributed by atoms with E-state index in [1.807, 2.05) is 42.5 Å². The van der Waals surface area contributed by atoms with Crippen LogP contribution in [0.5, 0.6) is 0 Å². The molecule has 0 saturated heterocycles. The van der Waals surface area contributed by atoms with Crippen LogP contribution in [-0.4, -0.2) is 32.4 Å². The van der Waals surface area contributed by atoms with Crippen LogP contribution in [-0.2, 0) is 0 Å². The number of nitrogens with zero attached hydrogens (tertiary/aromatic N) is 3. The number of aryl methyl sites for hydroxylation is 1. The zero-order valence-corrected chi connectivity index (χ0v) is 22.5. The molecule has 0 bridgehead atoms. The second-order valence-electron chi connectivity index (χ2n) is 10.7. The molecule has 0 spiro atoms. The third kappa shape index (κ3) is 4.19. The number of carbonyl (C=O) groups is 1. The fraction of sp³-hybridized carbons (Fsp3) is 0.258. The Morgan fingerprint density at radius 1 is 1.03 bits per heavy atom. The molecule has 5 aromatic rings. The predicted molar refractivity (Wildman–Crippen MR) is 152 cm³/mol. The fourth-order valence-electron chi connectivity index (χ4n) is 6.03. The molecule has 6 nitrogen and oxygen atoms in total. The van der Waals surface area contributed by atoms with E-state index in [1.54, 1.807) is 16.8 Å². The molecule has 1 saturated carbocycles. The molecule has 0 aliphatic heterocycles. The second-order valence-corrected chi connectivity index (χ2v) is 11.1. The highest BCUT2D eigenvalue weighted by Gasteiger charge is 2.58. The molecule has 6 rings (SSSR count). The van der Waals surface area contributed by atoms with E-state index in [4.69, 9.17) is 11.6 Å². The van der Waals surface area contributed by atoms with Crippen molar-refractivity contribution in [3.05, 3.63) is 101 Å². The van der Waals surface area contributed by atoms with Gasteiger partial charge in [-0.05, 0) is 66.5 Å². The lowest BCUT2D eigenvalue weighted by Crippen LogP contribution is -2.26. The van der Waals surface area contributed by atoms with Crippen LogP contribution in [0.3, 0.4) is 0 Å². The molecule has 1 fully saturated rings. The fourth-order valence-corrected chi connectivity index (χ4v) is 6.16. The third-order valence-electron chi connectivity index (χ3n) is 8.05. The van der Waals surface area contributed by atoms with Crippen molar-refractivity contribution >= 4 is 28.4 Å². The van der Waals surface area contributed by atoms with E-state index in [1.165, 1.54) is 22.2 Å². The van der Waals surface area contributed by atoms with E-state index < -0.39 is 0 Å². The highest BCUT2D eigenvalue weighted by molar-refractivity contribution is 6.30. The summed E-state index contributed by atoms with van der Waals surface area (Å²) >= 11 is 6.09. The van der Waals surface area contributed by atoms with Crippen molar-refractivity contribution in [2.24, 2.45) is 11.3 Å². The van der Waals surface area contributed by atoms with Crippen molar-refractivity contribution in [3.63, 3.8) is 0 Å². The molecular weight excluding hydrogens is 494 g/mol. The molecule has 1 aliphatic rings. The average molecular weight is 524 g/mol. The smallest absolute Gasteiger partial charge is 0.274 e. The van der Waals surface area contributed by atoms with Gasteiger partial charge in [-0.3, -0.25) is 4.79 Å². The number of aromatic amines is 1. The highest BCUT2D eigenvalue weighted by atomic mass is 35.5. The predicted octanol–water partition coefficient (Wildman–Crippen LogP) is 6.94. The Hall–Kier alpha value is -3.90. The number of amides is 1. The van der Waals surface area contributed by atoms with Crippen molar-refractivity contribution in [2.75, 3.05) is 6.54 Å². The number of hydrogen-bond acceptors (Lipinski definition) is 3. The maximum Gasteiger partial charge on any atom is 0.274 e. The highest BCUT2D eigenvalue weighted by Crippen LogP contribution is 2.67. The molecule has 2 heterocycles. The van der Waals surface area contributed by atoms with E-state index in [0.29, 0.717) is 34.8 Å². The molecule has 7 heteroatoms. The van der Waals surface area contributed by atoms with Crippen LogP contribution >= 0.6 is 11.6 Å². The summed E-state index contributed by atoms with van der Waals surface area (Å²) in [5, 5.41) is 13.7. The number of nitrogens with one attached hydrogen (secondary N) is 2. The van der Waals surface area contributed by atoms with Gasteiger partial charge in [0.2, 0.25) is 0 Å². The molecule has 1 amide bonds. The summed E-state index contributed by atoms with van der Waals surface area (Å²) in [7, 11) is 0.